The Kier molecular flexibility index (Phi) is 6.75. The molecule has 5 rings (SSSR count). The van der Waals surface area contributed by atoms with Crippen molar-refractivity contribution >= 4 is 57.6 Å². The van der Waals surface area contributed by atoms with Crippen LogP contribution in [0.3, 0.4) is 0 Å². The van der Waals surface area contributed by atoms with E-state index < -0.39 is 5.91 Å². The van der Waals surface area contributed by atoms with Gasteiger partial charge in [-0.3, -0.25) is 14.4 Å². The highest BCUT2D eigenvalue weighted by Crippen LogP contribution is 2.36. The summed E-state index contributed by atoms with van der Waals surface area (Å²) >= 11 is 5.87. The molecule has 188 valence electrons. The molecule has 4 heterocycles. The number of carbonyl (C=O) groups excluding carboxylic acids is 3. The Morgan fingerprint density at radius 3 is 2.64 bits per heavy atom. The van der Waals surface area contributed by atoms with Crippen molar-refractivity contribution in [2.24, 2.45) is 5.92 Å². The van der Waals surface area contributed by atoms with E-state index in [9.17, 15) is 14.4 Å². The third-order valence-electron chi connectivity index (χ3n) is 6.59. The first-order valence-electron chi connectivity index (χ1n) is 11.7. The number of nitrogen functional groups attached to an aromatic ring is 1. The van der Waals surface area contributed by atoms with E-state index in [2.05, 4.69) is 20.6 Å². The average molecular weight is 513 g/mol. The van der Waals surface area contributed by atoms with E-state index in [1.165, 1.54) is 12.4 Å². The number of nitrogens with one attached hydrogen (secondary N) is 2. The highest BCUT2D eigenvalue weighted by atomic mass is 35.5. The molecule has 12 heteroatoms. The normalized spacial score (nSPS) is 20.4. The molecule has 3 aromatic heterocycles. The summed E-state index contributed by atoms with van der Waals surface area (Å²) in [5, 5.41) is 6.29. The minimum Gasteiger partial charge on any atom is -0.448 e. The van der Waals surface area contributed by atoms with Crippen molar-refractivity contribution in [3.63, 3.8) is 0 Å². The molecular formula is C24H25ClN6O5. The minimum atomic E-state index is -0.606. The molecule has 1 saturated heterocycles. The number of anilines is 3. The zero-order valence-electron chi connectivity index (χ0n) is 19.3. The van der Waals surface area contributed by atoms with E-state index in [-0.39, 0.29) is 53.5 Å². The Hall–Kier alpha value is -3.70. The first-order chi connectivity index (χ1) is 17.4. The fraction of sp³-hybridized carbons (Fsp3) is 0.375. The zero-order chi connectivity index (χ0) is 25.2. The first kappa shape index (κ1) is 24.0. The third-order valence-corrected chi connectivity index (χ3v) is 6.81. The fourth-order valence-corrected chi connectivity index (χ4v) is 4.88. The lowest BCUT2D eigenvalue weighted by molar-refractivity contribution is -0.146. The molecule has 4 N–H and O–H groups in total. The van der Waals surface area contributed by atoms with Crippen LogP contribution >= 0.6 is 11.6 Å². The molecule has 1 aliphatic heterocycles. The van der Waals surface area contributed by atoms with Gasteiger partial charge >= 0.3 is 0 Å². The van der Waals surface area contributed by atoms with Crippen LogP contribution in [0.1, 0.15) is 36.2 Å². The Labute approximate surface area is 211 Å². The summed E-state index contributed by atoms with van der Waals surface area (Å²) in [4.78, 5) is 48.5. The summed E-state index contributed by atoms with van der Waals surface area (Å²) in [6.45, 7) is 1.22. The molecule has 0 aromatic carbocycles. The number of halogens is 1. The predicted octanol–water partition coefficient (Wildman–Crippen LogP) is 3.07. The van der Waals surface area contributed by atoms with Crippen LogP contribution in [0.5, 0.6) is 0 Å². The molecule has 0 atom stereocenters. The van der Waals surface area contributed by atoms with Crippen molar-refractivity contribution in [3.8, 4) is 0 Å². The highest BCUT2D eigenvalue weighted by molar-refractivity contribution is 6.30. The summed E-state index contributed by atoms with van der Waals surface area (Å²) in [6.07, 6.45) is 5.52. The van der Waals surface area contributed by atoms with Gasteiger partial charge in [0.1, 0.15) is 29.5 Å². The van der Waals surface area contributed by atoms with E-state index in [0.717, 1.165) is 12.8 Å². The summed E-state index contributed by atoms with van der Waals surface area (Å²) in [5.74, 6) is -0.852. The van der Waals surface area contributed by atoms with Gasteiger partial charge in [0.15, 0.2) is 0 Å². The summed E-state index contributed by atoms with van der Waals surface area (Å²) in [5.41, 5.74) is 6.56. The SMILES string of the molecule is Nc1nccc2oc(C(=O)Nc3ccc(Cl)cn3)c(NC(=O)C3CCC(N4CCOCC4=O)CC3)c12. The molecule has 0 bridgehead atoms. The van der Waals surface area contributed by atoms with Crippen LogP contribution in [0.25, 0.3) is 11.0 Å². The summed E-state index contributed by atoms with van der Waals surface area (Å²) < 4.78 is 11.0. The number of rotatable bonds is 5. The van der Waals surface area contributed by atoms with E-state index in [4.69, 9.17) is 26.5 Å². The summed E-state index contributed by atoms with van der Waals surface area (Å²) in [6, 6.07) is 4.82. The van der Waals surface area contributed by atoms with Crippen LogP contribution in [0.4, 0.5) is 17.3 Å². The second kappa shape index (κ2) is 10.1. The number of nitrogens with two attached hydrogens (primary N) is 1. The van der Waals surface area contributed by atoms with Gasteiger partial charge in [-0.05, 0) is 43.9 Å². The maximum atomic E-state index is 13.3. The van der Waals surface area contributed by atoms with E-state index >= 15 is 0 Å². The van der Waals surface area contributed by atoms with Gasteiger partial charge < -0.3 is 30.4 Å². The number of nitrogens with zero attached hydrogens (tertiary/aromatic N) is 3. The number of ether oxygens (including phenoxy) is 1. The van der Waals surface area contributed by atoms with Crippen LogP contribution in [0, 0.1) is 5.92 Å². The van der Waals surface area contributed by atoms with E-state index in [1.54, 1.807) is 18.2 Å². The van der Waals surface area contributed by atoms with Gasteiger partial charge in [0.2, 0.25) is 17.6 Å². The van der Waals surface area contributed by atoms with Crippen molar-refractivity contribution in [1.82, 2.24) is 14.9 Å². The number of amides is 3. The Bertz CT molecular complexity index is 1300. The monoisotopic (exact) mass is 512 g/mol. The van der Waals surface area contributed by atoms with Crippen LogP contribution in [0.2, 0.25) is 5.02 Å². The fourth-order valence-electron chi connectivity index (χ4n) is 4.76. The number of hydrogen-bond acceptors (Lipinski definition) is 8. The molecule has 1 aliphatic carbocycles. The zero-order valence-corrected chi connectivity index (χ0v) is 20.1. The Morgan fingerprint density at radius 2 is 1.92 bits per heavy atom. The molecule has 36 heavy (non-hydrogen) atoms. The Morgan fingerprint density at radius 1 is 1.11 bits per heavy atom. The first-order valence-corrected chi connectivity index (χ1v) is 12.1. The van der Waals surface area contributed by atoms with Crippen LogP contribution in [0.15, 0.2) is 35.0 Å². The van der Waals surface area contributed by atoms with Gasteiger partial charge in [-0.15, -0.1) is 0 Å². The maximum Gasteiger partial charge on any atom is 0.294 e. The number of hydrogen-bond donors (Lipinski definition) is 3. The average Bonchev–Trinajstić information content (AvgIpc) is 3.25. The molecule has 3 amide bonds. The largest absolute Gasteiger partial charge is 0.448 e. The van der Waals surface area contributed by atoms with Crippen molar-refractivity contribution in [1.29, 1.82) is 0 Å². The number of carbonyl (C=O) groups is 3. The Balaban J connectivity index is 1.33. The van der Waals surface area contributed by atoms with Gasteiger partial charge in [-0.25, -0.2) is 9.97 Å². The van der Waals surface area contributed by atoms with Crippen molar-refractivity contribution in [2.75, 3.05) is 36.1 Å². The number of aromatic nitrogens is 2. The van der Waals surface area contributed by atoms with Gasteiger partial charge in [-0.2, -0.15) is 0 Å². The predicted molar refractivity (Wildman–Crippen MR) is 133 cm³/mol. The molecule has 2 fully saturated rings. The van der Waals surface area contributed by atoms with Crippen LogP contribution < -0.4 is 16.4 Å². The van der Waals surface area contributed by atoms with E-state index in [1.807, 2.05) is 4.90 Å². The number of furan rings is 1. The second-order valence-electron chi connectivity index (χ2n) is 8.83. The van der Waals surface area contributed by atoms with Crippen molar-refractivity contribution < 1.29 is 23.5 Å². The van der Waals surface area contributed by atoms with Crippen molar-refractivity contribution in [3.05, 3.63) is 41.4 Å². The lowest BCUT2D eigenvalue weighted by Crippen LogP contribution is -2.49. The minimum absolute atomic E-state index is 0.00664. The molecule has 0 unspecified atom stereocenters. The maximum absolute atomic E-state index is 13.3. The number of fused-ring (bicyclic) bond motifs is 1. The quantitative estimate of drug-likeness (QED) is 0.471. The third kappa shape index (κ3) is 4.84. The molecule has 0 radical (unpaired) electrons. The second-order valence-corrected chi connectivity index (χ2v) is 9.26. The van der Waals surface area contributed by atoms with Crippen molar-refractivity contribution in [2.45, 2.75) is 31.7 Å². The van der Waals surface area contributed by atoms with Gasteiger partial charge in [0.25, 0.3) is 5.91 Å². The van der Waals surface area contributed by atoms with Crippen LogP contribution in [-0.2, 0) is 14.3 Å². The van der Waals surface area contributed by atoms with Gasteiger partial charge in [0.05, 0.1) is 17.0 Å². The topological polar surface area (TPSA) is 153 Å². The lowest BCUT2D eigenvalue weighted by Gasteiger charge is -2.38. The molecule has 2 aliphatic rings. The van der Waals surface area contributed by atoms with Crippen LogP contribution in [-0.4, -0.2) is 58.4 Å². The number of morpholine rings is 1. The summed E-state index contributed by atoms with van der Waals surface area (Å²) in [7, 11) is 0. The highest BCUT2D eigenvalue weighted by Gasteiger charge is 2.34. The lowest BCUT2D eigenvalue weighted by atomic mass is 9.84. The standard InChI is InChI=1S/C24H25ClN6O5/c25-14-3-6-17(28-11-14)29-24(34)21-20(19-16(36-21)7-8-27-22(19)26)30-23(33)13-1-4-15(5-2-13)31-9-10-35-12-18(31)32/h3,6-8,11,13,15H,1-2,4-5,9-10,12H2,(H2,26,27)(H,30,33)(H,28,29,34). The van der Waals surface area contributed by atoms with E-state index in [0.29, 0.717) is 42.0 Å². The molecule has 11 nitrogen and oxygen atoms in total. The van der Waals surface area contributed by atoms with Gasteiger partial charge in [-0.1, -0.05) is 11.6 Å². The van der Waals surface area contributed by atoms with Gasteiger partial charge in [0, 0.05) is 30.9 Å². The number of pyridine rings is 2. The molecule has 1 saturated carbocycles. The smallest absolute Gasteiger partial charge is 0.294 e. The molecular weight excluding hydrogens is 488 g/mol. The molecule has 0 spiro atoms. The molecule has 3 aromatic rings.